The van der Waals surface area contributed by atoms with E-state index in [1.807, 2.05) is 76.6 Å². The van der Waals surface area contributed by atoms with Gasteiger partial charge in [-0.1, -0.05) is 30.3 Å². The maximum Gasteiger partial charge on any atom is 0.280 e. The third kappa shape index (κ3) is 6.41. The molecule has 0 fully saturated rings. The first-order chi connectivity index (χ1) is 14.6. The van der Waals surface area contributed by atoms with Crippen LogP contribution in [0.15, 0.2) is 79.4 Å². The fourth-order valence-corrected chi connectivity index (χ4v) is 3.63. The molecule has 32 heavy (non-hydrogen) atoms. The molecule has 6 nitrogen and oxygen atoms in total. The molecular weight excluding hydrogens is 628 g/mol. The van der Waals surface area contributed by atoms with Crippen molar-refractivity contribution >= 4 is 22.6 Å². The Kier molecular flexibility index (Phi) is 9.88. The van der Waals surface area contributed by atoms with Crippen molar-refractivity contribution in [3.05, 3.63) is 90.5 Å². The number of para-hydroxylation sites is 3. The van der Waals surface area contributed by atoms with Crippen molar-refractivity contribution in [2.45, 2.75) is 19.4 Å². The number of hydrogen-bond acceptors (Lipinski definition) is 2. The second-order valence-corrected chi connectivity index (χ2v) is 7.55. The number of halogens is 2. The molecule has 0 saturated carbocycles. The van der Waals surface area contributed by atoms with Crippen molar-refractivity contribution in [2.24, 2.45) is 14.1 Å². The van der Waals surface area contributed by atoms with E-state index >= 15 is 0 Å². The molecule has 0 atom stereocenters. The molecule has 0 aliphatic heterocycles. The largest absolute Gasteiger partial charge is 1.00 e. The Bertz CT molecular complexity index is 1170. The van der Waals surface area contributed by atoms with Gasteiger partial charge in [-0.3, -0.25) is 15.6 Å². The van der Waals surface area contributed by atoms with Crippen LogP contribution in [-0.4, -0.2) is 10.5 Å². The van der Waals surface area contributed by atoms with Gasteiger partial charge < -0.3 is 48.0 Å². The fourth-order valence-electron chi connectivity index (χ4n) is 3.63. The van der Waals surface area contributed by atoms with E-state index in [1.54, 1.807) is 0 Å². The third-order valence-corrected chi connectivity index (χ3v) is 5.28. The number of hydrazine groups is 1. The van der Waals surface area contributed by atoms with E-state index in [-0.39, 0.29) is 60.4 Å². The summed E-state index contributed by atoms with van der Waals surface area (Å²) in [5.41, 5.74) is 11.5. The number of fused-ring (bicyclic) bond motifs is 1. The first-order valence-electron chi connectivity index (χ1n) is 10.1. The molecule has 0 unspecified atom stereocenters. The SMILES string of the molecule is C[n+]1ccc(CCc2ccccc2NNC(=O)Cn2c[n+](C)c3ccccc32)cc1.[I-].[I-]. The topological polar surface area (TPSA) is 53.8 Å². The third-order valence-electron chi connectivity index (χ3n) is 5.28. The van der Waals surface area contributed by atoms with Gasteiger partial charge in [-0.05, 0) is 42.2 Å². The van der Waals surface area contributed by atoms with Crippen molar-refractivity contribution in [3.63, 3.8) is 0 Å². The molecule has 0 aliphatic carbocycles. The van der Waals surface area contributed by atoms with Gasteiger partial charge in [0.05, 0.1) is 12.7 Å². The van der Waals surface area contributed by atoms with Crippen LogP contribution in [0.25, 0.3) is 11.0 Å². The molecule has 168 valence electrons. The standard InChI is InChI=1S/C24H26N5O.2HI/c1-27-15-13-19(14-16-27)11-12-20-7-3-4-8-21(20)25-26-24(30)17-29-18-28(2)22-9-5-6-10-23(22)29;;/h3-10,13-16,18,25H,11-12,17H2,1-2H3;2*1H/q+1;;/p-1. The molecule has 2 aromatic carbocycles. The van der Waals surface area contributed by atoms with E-state index < -0.39 is 0 Å². The maximum atomic E-state index is 12.6. The number of hydrogen-bond donors (Lipinski definition) is 2. The fraction of sp³-hybridized carbons (Fsp3) is 0.208. The number of imidazole rings is 1. The van der Waals surface area contributed by atoms with Crippen LogP contribution in [0.2, 0.25) is 0 Å². The van der Waals surface area contributed by atoms with Crippen LogP contribution in [0.5, 0.6) is 0 Å². The lowest BCUT2D eigenvalue weighted by Gasteiger charge is -2.12. The Labute approximate surface area is 222 Å². The van der Waals surface area contributed by atoms with E-state index in [4.69, 9.17) is 0 Å². The molecule has 0 aliphatic rings. The lowest BCUT2D eigenvalue weighted by Crippen LogP contribution is -3.00. The Hall–Kier alpha value is -2.21. The zero-order valence-electron chi connectivity index (χ0n) is 18.1. The highest BCUT2D eigenvalue weighted by atomic mass is 127. The van der Waals surface area contributed by atoms with Crippen molar-refractivity contribution < 1.29 is 61.9 Å². The highest BCUT2D eigenvalue weighted by molar-refractivity contribution is 5.80. The summed E-state index contributed by atoms with van der Waals surface area (Å²) < 4.78 is 6.01. The van der Waals surface area contributed by atoms with Gasteiger partial charge in [0.2, 0.25) is 6.33 Å². The van der Waals surface area contributed by atoms with Gasteiger partial charge in [-0.25, -0.2) is 13.7 Å². The van der Waals surface area contributed by atoms with Crippen molar-refractivity contribution in [3.8, 4) is 0 Å². The zero-order chi connectivity index (χ0) is 20.9. The predicted molar refractivity (Wildman–Crippen MR) is 116 cm³/mol. The number of anilines is 1. The van der Waals surface area contributed by atoms with Crippen LogP contribution in [0, 0.1) is 0 Å². The minimum absolute atomic E-state index is 0. The van der Waals surface area contributed by atoms with Crippen LogP contribution in [0.4, 0.5) is 5.69 Å². The summed E-state index contributed by atoms with van der Waals surface area (Å²) >= 11 is 0. The van der Waals surface area contributed by atoms with E-state index in [0.29, 0.717) is 0 Å². The Balaban J connectivity index is 0.00000181. The number of nitrogens with one attached hydrogen (secondary N) is 2. The van der Waals surface area contributed by atoms with Gasteiger partial charge in [0.25, 0.3) is 5.91 Å². The van der Waals surface area contributed by atoms with Gasteiger partial charge in [0.15, 0.2) is 30.0 Å². The molecule has 2 heterocycles. The van der Waals surface area contributed by atoms with Gasteiger partial charge in [-0.2, -0.15) is 0 Å². The van der Waals surface area contributed by atoms with Gasteiger partial charge in [0, 0.05) is 12.1 Å². The number of carbonyl (C=O) groups is 1. The number of benzene rings is 2. The highest BCUT2D eigenvalue weighted by Crippen LogP contribution is 2.17. The average molecular weight is 655 g/mol. The van der Waals surface area contributed by atoms with Gasteiger partial charge in [0.1, 0.15) is 7.05 Å². The monoisotopic (exact) mass is 655 g/mol. The highest BCUT2D eigenvalue weighted by Gasteiger charge is 2.15. The van der Waals surface area contributed by atoms with Crippen LogP contribution in [-0.2, 0) is 38.3 Å². The first-order valence-corrected chi connectivity index (χ1v) is 10.1. The van der Waals surface area contributed by atoms with E-state index in [9.17, 15) is 4.79 Å². The lowest BCUT2D eigenvalue weighted by atomic mass is 10.0. The molecule has 0 spiro atoms. The van der Waals surface area contributed by atoms with Crippen molar-refractivity contribution in [2.75, 3.05) is 5.43 Å². The van der Waals surface area contributed by atoms with Crippen LogP contribution >= 0.6 is 0 Å². The number of carbonyl (C=O) groups excluding carboxylic acids is 1. The Morgan fingerprint density at radius 1 is 0.906 bits per heavy atom. The molecule has 2 aromatic heterocycles. The summed E-state index contributed by atoms with van der Waals surface area (Å²) in [6.45, 7) is 0.248. The molecule has 0 radical (unpaired) electrons. The van der Waals surface area contributed by atoms with E-state index in [1.165, 1.54) is 11.1 Å². The minimum atomic E-state index is -0.0956. The second kappa shape index (κ2) is 12.1. The van der Waals surface area contributed by atoms with Crippen molar-refractivity contribution in [1.82, 2.24) is 9.99 Å². The summed E-state index contributed by atoms with van der Waals surface area (Å²) in [5, 5.41) is 0. The molecule has 0 saturated heterocycles. The smallest absolute Gasteiger partial charge is 0.280 e. The quantitative estimate of drug-likeness (QED) is 0.122. The molecule has 2 N–H and O–H groups in total. The number of aryl methyl sites for hydroxylation is 4. The number of nitrogens with zero attached hydrogens (tertiary/aromatic N) is 3. The zero-order valence-corrected chi connectivity index (χ0v) is 22.4. The van der Waals surface area contributed by atoms with Gasteiger partial charge in [-0.15, -0.1) is 0 Å². The lowest BCUT2D eigenvalue weighted by molar-refractivity contribution is -0.671. The molecule has 1 amide bonds. The normalized spacial score (nSPS) is 10.2. The molecule has 8 heteroatoms. The summed E-state index contributed by atoms with van der Waals surface area (Å²) in [6.07, 6.45) is 7.90. The van der Waals surface area contributed by atoms with Crippen LogP contribution < -0.4 is 67.9 Å². The van der Waals surface area contributed by atoms with Crippen LogP contribution in [0.3, 0.4) is 0 Å². The first kappa shape index (κ1) is 26.0. The molecular formula is C24H27I2N5O. The molecule has 4 rings (SSSR count). The van der Waals surface area contributed by atoms with Crippen LogP contribution in [0.1, 0.15) is 11.1 Å². The molecule has 0 bridgehead atoms. The Morgan fingerprint density at radius 2 is 1.59 bits per heavy atom. The molecule has 4 aromatic rings. The minimum Gasteiger partial charge on any atom is -1.00 e. The summed E-state index contributed by atoms with van der Waals surface area (Å²) in [6, 6.07) is 20.4. The number of aromatic nitrogens is 3. The van der Waals surface area contributed by atoms with E-state index in [0.717, 1.165) is 29.6 Å². The number of rotatable bonds is 7. The summed E-state index contributed by atoms with van der Waals surface area (Å²) in [5.74, 6) is -0.0956. The van der Waals surface area contributed by atoms with Crippen molar-refractivity contribution in [1.29, 1.82) is 0 Å². The second-order valence-electron chi connectivity index (χ2n) is 7.55. The summed E-state index contributed by atoms with van der Waals surface area (Å²) in [7, 11) is 4.00. The Morgan fingerprint density at radius 3 is 2.38 bits per heavy atom. The van der Waals surface area contributed by atoms with E-state index in [2.05, 4.69) is 41.4 Å². The van der Waals surface area contributed by atoms with Gasteiger partial charge >= 0.3 is 0 Å². The summed E-state index contributed by atoms with van der Waals surface area (Å²) in [4.78, 5) is 12.6. The number of amides is 1. The number of pyridine rings is 1. The average Bonchev–Trinajstić information content (AvgIpc) is 3.08. The maximum absolute atomic E-state index is 12.6. The predicted octanol–water partition coefficient (Wildman–Crippen LogP) is -3.77.